The molecule has 4 heterocycles. The Labute approximate surface area is 199 Å². The van der Waals surface area contributed by atoms with Crippen molar-refractivity contribution in [2.45, 2.75) is 25.0 Å². The fraction of sp³-hybridized carbons (Fsp3) is 0.348. The number of halogens is 1. The maximum Gasteiger partial charge on any atom is 0.297 e. The lowest BCUT2D eigenvalue weighted by atomic mass is 9.91. The van der Waals surface area contributed by atoms with E-state index >= 15 is 0 Å². The van der Waals surface area contributed by atoms with E-state index in [1.54, 1.807) is 36.0 Å². The van der Waals surface area contributed by atoms with Crippen LogP contribution >= 0.6 is 0 Å². The molecule has 0 spiro atoms. The second kappa shape index (κ2) is 8.62. The number of amides is 1. The number of carbonyl (C=O) groups is 1. The Hall–Kier alpha value is -4.06. The highest BCUT2D eigenvalue weighted by Crippen LogP contribution is 2.26. The molecule has 11 nitrogen and oxygen atoms in total. The minimum Gasteiger partial charge on any atom is -0.418 e. The predicted molar refractivity (Wildman–Crippen MR) is 124 cm³/mol. The number of likely N-dealkylation sites (tertiary alicyclic amines) is 1. The van der Waals surface area contributed by atoms with Gasteiger partial charge in [0.2, 0.25) is 5.76 Å². The van der Waals surface area contributed by atoms with Crippen molar-refractivity contribution in [3.8, 4) is 5.69 Å². The minimum absolute atomic E-state index is 0.0334. The fourth-order valence-corrected chi connectivity index (χ4v) is 4.16. The number of fused-ring (bicyclic) bond motifs is 1. The van der Waals surface area contributed by atoms with Crippen LogP contribution in [-0.2, 0) is 6.54 Å². The van der Waals surface area contributed by atoms with E-state index in [9.17, 15) is 19.1 Å². The Morgan fingerprint density at radius 2 is 1.89 bits per heavy atom. The molecule has 0 unspecified atom stereocenters. The van der Waals surface area contributed by atoms with Crippen LogP contribution in [0.3, 0.4) is 0 Å². The second-order valence-corrected chi connectivity index (χ2v) is 8.87. The lowest BCUT2D eigenvalue weighted by Crippen LogP contribution is -2.49. The van der Waals surface area contributed by atoms with Crippen LogP contribution in [0.5, 0.6) is 0 Å². The molecule has 182 valence electrons. The summed E-state index contributed by atoms with van der Waals surface area (Å²) in [7, 11) is 3.53. The molecule has 0 aliphatic carbocycles. The number of benzene rings is 1. The van der Waals surface area contributed by atoms with Gasteiger partial charge in [0, 0.05) is 27.2 Å². The smallest absolute Gasteiger partial charge is 0.297 e. The van der Waals surface area contributed by atoms with Gasteiger partial charge in [-0.2, -0.15) is 5.10 Å². The average Bonchev–Trinajstić information content (AvgIpc) is 3.50. The van der Waals surface area contributed by atoms with Crippen LogP contribution in [0.25, 0.3) is 16.7 Å². The normalized spacial score (nSPS) is 15.5. The topological polar surface area (TPSA) is 123 Å². The maximum atomic E-state index is 13.2. The van der Waals surface area contributed by atoms with Gasteiger partial charge in [-0.3, -0.25) is 14.2 Å². The van der Waals surface area contributed by atoms with E-state index in [2.05, 4.69) is 15.1 Å². The van der Waals surface area contributed by atoms with Crippen molar-refractivity contribution in [2.24, 2.45) is 0 Å². The van der Waals surface area contributed by atoms with Crippen molar-refractivity contribution in [3.05, 3.63) is 64.9 Å². The SMILES string of the molecule is CN(C)c1ncc(C(=O)N2CCC(O)(Cn3cnc4c(cnn4-c4ccc(F)cc4)c3=O)CC2)o1. The van der Waals surface area contributed by atoms with Crippen LogP contribution in [0.1, 0.15) is 23.4 Å². The summed E-state index contributed by atoms with van der Waals surface area (Å²) in [6.07, 6.45) is 4.75. The van der Waals surface area contributed by atoms with E-state index in [1.165, 1.54) is 40.1 Å². The Balaban J connectivity index is 1.30. The van der Waals surface area contributed by atoms with Gasteiger partial charge >= 0.3 is 0 Å². The molecule has 1 fully saturated rings. The van der Waals surface area contributed by atoms with E-state index in [-0.39, 0.29) is 47.8 Å². The molecule has 0 radical (unpaired) electrons. The van der Waals surface area contributed by atoms with Gasteiger partial charge in [-0.1, -0.05) is 0 Å². The summed E-state index contributed by atoms with van der Waals surface area (Å²) in [6.45, 7) is 0.645. The van der Waals surface area contributed by atoms with E-state index < -0.39 is 5.60 Å². The predicted octanol–water partition coefficient (Wildman–Crippen LogP) is 1.44. The average molecular weight is 481 g/mol. The van der Waals surface area contributed by atoms with E-state index in [1.807, 2.05) is 0 Å². The first-order valence-electron chi connectivity index (χ1n) is 11.1. The molecule has 1 aliphatic heterocycles. The van der Waals surface area contributed by atoms with Crippen LogP contribution in [0.2, 0.25) is 0 Å². The third kappa shape index (κ3) is 4.28. The largest absolute Gasteiger partial charge is 0.418 e. The first-order chi connectivity index (χ1) is 16.7. The molecule has 1 amide bonds. The number of rotatable bonds is 5. The third-order valence-electron chi connectivity index (χ3n) is 6.16. The summed E-state index contributed by atoms with van der Waals surface area (Å²) in [5.41, 5.74) is -0.604. The van der Waals surface area contributed by atoms with Gasteiger partial charge in [0.05, 0.1) is 30.2 Å². The van der Waals surface area contributed by atoms with Gasteiger partial charge in [0.15, 0.2) is 5.65 Å². The van der Waals surface area contributed by atoms with Gasteiger partial charge in [0.25, 0.3) is 17.5 Å². The second-order valence-electron chi connectivity index (χ2n) is 8.87. The third-order valence-corrected chi connectivity index (χ3v) is 6.16. The highest BCUT2D eigenvalue weighted by Gasteiger charge is 2.36. The van der Waals surface area contributed by atoms with Gasteiger partial charge in [-0.05, 0) is 37.1 Å². The van der Waals surface area contributed by atoms with Crippen molar-refractivity contribution in [1.29, 1.82) is 0 Å². The highest BCUT2D eigenvalue weighted by molar-refractivity contribution is 5.91. The molecule has 1 aromatic carbocycles. The van der Waals surface area contributed by atoms with Gasteiger partial charge in [-0.25, -0.2) is 19.0 Å². The quantitative estimate of drug-likeness (QED) is 0.454. The number of aromatic nitrogens is 5. The van der Waals surface area contributed by atoms with Gasteiger partial charge in [0.1, 0.15) is 17.5 Å². The van der Waals surface area contributed by atoms with Crippen LogP contribution in [0, 0.1) is 5.82 Å². The summed E-state index contributed by atoms with van der Waals surface area (Å²) < 4.78 is 21.6. The van der Waals surface area contributed by atoms with Crippen molar-refractivity contribution >= 4 is 23.0 Å². The Bertz CT molecular complexity index is 1430. The molecule has 3 aromatic heterocycles. The zero-order valence-electron chi connectivity index (χ0n) is 19.3. The van der Waals surface area contributed by atoms with Crippen molar-refractivity contribution in [2.75, 3.05) is 32.1 Å². The molecule has 12 heteroatoms. The lowest BCUT2D eigenvalue weighted by molar-refractivity contribution is -0.0304. The van der Waals surface area contributed by atoms with Gasteiger partial charge < -0.3 is 19.3 Å². The molecule has 1 aliphatic rings. The fourth-order valence-electron chi connectivity index (χ4n) is 4.16. The first-order valence-corrected chi connectivity index (χ1v) is 11.1. The maximum absolute atomic E-state index is 13.2. The summed E-state index contributed by atoms with van der Waals surface area (Å²) in [6, 6.07) is 6.05. The molecule has 0 bridgehead atoms. The number of carbonyl (C=O) groups excluding carboxylic acids is 1. The molecule has 35 heavy (non-hydrogen) atoms. The monoisotopic (exact) mass is 481 g/mol. The molecule has 0 saturated carbocycles. The number of hydrogen-bond donors (Lipinski definition) is 1. The number of oxazole rings is 1. The Kier molecular flexibility index (Phi) is 5.59. The van der Waals surface area contributed by atoms with E-state index in [0.29, 0.717) is 30.4 Å². The Morgan fingerprint density at radius 1 is 1.17 bits per heavy atom. The van der Waals surface area contributed by atoms with Crippen molar-refractivity contribution in [3.63, 3.8) is 0 Å². The van der Waals surface area contributed by atoms with E-state index in [0.717, 1.165) is 0 Å². The molecular formula is C23H24FN7O4. The lowest BCUT2D eigenvalue weighted by Gasteiger charge is -2.38. The molecule has 1 saturated heterocycles. The molecule has 4 aromatic rings. The molecule has 0 atom stereocenters. The van der Waals surface area contributed by atoms with Crippen LogP contribution in [-0.4, -0.2) is 73.0 Å². The minimum atomic E-state index is -1.18. The number of nitrogens with zero attached hydrogens (tertiary/aromatic N) is 7. The van der Waals surface area contributed by atoms with Crippen LogP contribution in [0.15, 0.2) is 52.2 Å². The number of hydrogen-bond acceptors (Lipinski definition) is 8. The molecular weight excluding hydrogens is 457 g/mol. The zero-order chi connectivity index (χ0) is 24.7. The number of piperidine rings is 1. The zero-order valence-corrected chi connectivity index (χ0v) is 19.3. The Morgan fingerprint density at radius 3 is 2.54 bits per heavy atom. The first kappa shape index (κ1) is 22.7. The van der Waals surface area contributed by atoms with Crippen molar-refractivity contribution in [1.82, 2.24) is 29.2 Å². The summed E-state index contributed by atoms with van der Waals surface area (Å²) in [5.74, 6) is -0.523. The van der Waals surface area contributed by atoms with Crippen LogP contribution in [0.4, 0.5) is 10.4 Å². The summed E-state index contributed by atoms with van der Waals surface area (Å²) in [5, 5.41) is 15.7. The summed E-state index contributed by atoms with van der Waals surface area (Å²) >= 11 is 0. The van der Waals surface area contributed by atoms with Crippen molar-refractivity contribution < 1.29 is 18.7 Å². The molecule has 5 rings (SSSR count). The van der Waals surface area contributed by atoms with Crippen LogP contribution < -0.4 is 10.5 Å². The standard InChI is InChI=1S/C23H24FN7O4/c1-28(2)22-25-12-18(35-22)21(33)29-9-7-23(34,8-10-29)13-30-14-26-19-17(20(30)32)11-27-31(19)16-5-3-15(24)4-6-16/h3-6,11-12,14,34H,7-10,13H2,1-2H3. The highest BCUT2D eigenvalue weighted by atomic mass is 19.1. The summed E-state index contributed by atoms with van der Waals surface area (Å²) in [4.78, 5) is 37.5. The number of aliphatic hydroxyl groups is 1. The molecule has 1 N–H and O–H groups in total. The van der Waals surface area contributed by atoms with E-state index in [4.69, 9.17) is 4.42 Å². The number of anilines is 1. The van der Waals surface area contributed by atoms with Gasteiger partial charge in [-0.15, -0.1) is 0 Å².